The summed E-state index contributed by atoms with van der Waals surface area (Å²) in [5, 5.41) is 8.92. The van der Waals surface area contributed by atoms with Crippen molar-refractivity contribution in [1.82, 2.24) is 0 Å². The van der Waals surface area contributed by atoms with Crippen LogP contribution in [0.4, 0.5) is 0 Å². The number of carbonyl (C=O) groups is 1. The lowest BCUT2D eigenvalue weighted by Gasteiger charge is -2.19. The normalized spacial score (nSPS) is 14.1. The van der Waals surface area contributed by atoms with Crippen molar-refractivity contribution in [2.24, 2.45) is 5.73 Å². The van der Waals surface area contributed by atoms with Crippen molar-refractivity contribution in [3.63, 3.8) is 0 Å². The van der Waals surface area contributed by atoms with Crippen LogP contribution in [-0.4, -0.2) is 23.2 Å². The van der Waals surface area contributed by atoms with Gasteiger partial charge in [0, 0.05) is 0 Å². The summed E-state index contributed by atoms with van der Waals surface area (Å²) < 4.78 is 5.79. The minimum absolute atomic E-state index is 0.422. The van der Waals surface area contributed by atoms with E-state index < -0.39 is 11.5 Å². The minimum atomic E-state index is -1.14. The van der Waals surface area contributed by atoms with Gasteiger partial charge in [-0.1, -0.05) is 32.0 Å². The first kappa shape index (κ1) is 16.5. The lowest BCUT2D eigenvalue weighted by Crippen LogP contribution is -2.44. The quantitative estimate of drug-likeness (QED) is 0.717. The molecule has 1 rings (SSSR count). The molecule has 4 nitrogen and oxygen atoms in total. The van der Waals surface area contributed by atoms with Gasteiger partial charge in [-0.3, -0.25) is 4.79 Å². The van der Waals surface area contributed by atoms with Crippen LogP contribution in [0.15, 0.2) is 24.3 Å². The molecule has 0 radical (unpaired) electrons. The Hall–Kier alpha value is -1.55. The van der Waals surface area contributed by atoms with E-state index in [-0.39, 0.29) is 0 Å². The van der Waals surface area contributed by atoms with Crippen molar-refractivity contribution in [2.75, 3.05) is 6.61 Å². The highest BCUT2D eigenvalue weighted by Gasteiger charge is 2.26. The maximum absolute atomic E-state index is 10.9. The van der Waals surface area contributed by atoms with Gasteiger partial charge in [0.1, 0.15) is 11.3 Å². The molecular formula is C16H25NO3. The number of carboxylic acids is 1. The van der Waals surface area contributed by atoms with Gasteiger partial charge in [0.15, 0.2) is 0 Å². The molecule has 1 aromatic rings. The molecule has 112 valence electrons. The zero-order valence-corrected chi connectivity index (χ0v) is 12.6. The fraction of sp³-hybridized carbons (Fsp3) is 0.562. The van der Waals surface area contributed by atoms with Crippen LogP contribution in [0.1, 0.15) is 51.5 Å². The molecule has 1 unspecified atom stereocenters. The van der Waals surface area contributed by atoms with E-state index in [0.29, 0.717) is 18.9 Å². The van der Waals surface area contributed by atoms with Gasteiger partial charge in [-0.25, -0.2) is 0 Å². The monoisotopic (exact) mass is 279 g/mol. The molecule has 0 amide bonds. The lowest BCUT2D eigenvalue weighted by atomic mass is 9.96. The summed E-state index contributed by atoms with van der Waals surface area (Å²) >= 11 is 0. The van der Waals surface area contributed by atoms with Crippen LogP contribution >= 0.6 is 0 Å². The van der Waals surface area contributed by atoms with Crippen LogP contribution in [0.25, 0.3) is 0 Å². The summed E-state index contributed by atoms with van der Waals surface area (Å²) in [6, 6.07) is 8.01. The maximum atomic E-state index is 10.9. The predicted octanol–water partition coefficient (Wildman–Crippen LogP) is 3.16. The summed E-state index contributed by atoms with van der Waals surface area (Å²) in [6.45, 7) is 6.40. The van der Waals surface area contributed by atoms with Crippen LogP contribution < -0.4 is 10.5 Å². The summed E-state index contributed by atoms with van der Waals surface area (Å²) in [4.78, 5) is 10.9. The van der Waals surface area contributed by atoms with Gasteiger partial charge >= 0.3 is 5.97 Å². The van der Waals surface area contributed by atoms with Gasteiger partial charge in [-0.05, 0) is 43.7 Å². The number of aliphatic carboxylic acids is 1. The SMILES string of the molecule is CC(C)c1ccccc1OCCCCC(C)(N)C(=O)O. The van der Waals surface area contributed by atoms with Gasteiger partial charge in [0.25, 0.3) is 0 Å². The molecule has 0 aliphatic heterocycles. The Morgan fingerprint density at radius 3 is 2.60 bits per heavy atom. The molecule has 0 saturated heterocycles. The minimum Gasteiger partial charge on any atom is -0.493 e. The summed E-state index contributed by atoms with van der Waals surface area (Å²) in [5.41, 5.74) is 5.73. The van der Waals surface area contributed by atoms with E-state index in [1.807, 2.05) is 18.2 Å². The van der Waals surface area contributed by atoms with E-state index in [0.717, 1.165) is 18.6 Å². The molecule has 0 aliphatic rings. The first-order valence-corrected chi connectivity index (χ1v) is 7.08. The molecule has 4 heteroatoms. The highest BCUT2D eigenvalue weighted by Crippen LogP contribution is 2.26. The Morgan fingerprint density at radius 1 is 1.35 bits per heavy atom. The van der Waals surface area contributed by atoms with E-state index in [2.05, 4.69) is 19.9 Å². The summed E-state index contributed by atoms with van der Waals surface area (Å²) in [7, 11) is 0. The largest absolute Gasteiger partial charge is 0.493 e. The van der Waals surface area contributed by atoms with Crippen LogP contribution in [0, 0.1) is 0 Å². The topological polar surface area (TPSA) is 72.5 Å². The van der Waals surface area contributed by atoms with Crippen LogP contribution in [-0.2, 0) is 4.79 Å². The number of ether oxygens (including phenoxy) is 1. The standard InChI is InChI=1S/C16H25NO3/c1-12(2)13-8-4-5-9-14(13)20-11-7-6-10-16(3,17)15(18)19/h4-5,8-9,12H,6-7,10-11,17H2,1-3H3,(H,18,19). The van der Waals surface area contributed by atoms with Crippen LogP contribution in [0.5, 0.6) is 5.75 Å². The molecule has 0 aromatic heterocycles. The number of nitrogens with two attached hydrogens (primary N) is 1. The van der Waals surface area contributed by atoms with Crippen molar-refractivity contribution in [3.8, 4) is 5.75 Å². The van der Waals surface area contributed by atoms with Crippen molar-refractivity contribution in [3.05, 3.63) is 29.8 Å². The molecule has 20 heavy (non-hydrogen) atoms. The van der Waals surface area contributed by atoms with Crippen LogP contribution in [0.3, 0.4) is 0 Å². The van der Waals surface area contributed by atoms with E-state index in [4.69, 9.17) is 15.6 Å². The zero-order chi connectivity index (χ0) is 15.2. The first-order valence-electron chi connectivity index (χ1n) is 7.08. The molecular weight excluding hydrogens is 254 g/mol. The predicted molar refractivity (Wildman–Crippen MR) is 80.1 cm³/mol. The highest BCUT2D eigenvalue weighted by molar-refractivity contribution is 5.77. The summed E-state index contributed by atoms with van der Waals surface area (Å²) in [5.74, 6) is 0.380. The van der Waals surface area contributed by atoms with Crippen molar-refractivity contribution in [1.29, 1.82) is 0 Å². The molecule has 0 saturated carbocycles. The highest BCUT2D eigenvalue weighted by atomic mass is 16.5. The Kier molecular flexibility index (Phi) is 6.02. The third-order valence-electron chi connectivity index (χ3n) is 3.38. The zero-order valence-electron chi connectivity index (χ0n) is 12.6. The van der Waals surface area contributed by atoms with Crippen molar-refractivity contribution in [2.45, 2.75) is 51.5 Å². The molecule has 0 bridgehead atoms. The Labute approximate surface area is 120 Å². The average Bonchev–Trinajstić information content (AvgIpc) is 2.38. The fourth-order valence-electron chi connectivity index (χ4n) is 1.97. The van der Waals surface area contributed by atoms with Gasteiger partial charge in [-0.2, -0.15) is 0 Å². The second-order valence-corrected chi connectivity index (χ2v) is 5.72. The first-order chi connectivity index (χ1) is 9.34. The number of carboxylic acid groups (broad SMARTS) is 1. The van der Waals surface area contributed by atoms with Crippen LogP contribution in [0.2, 0.25) is 0 Å². The Balaban J connectivity index is 2.37. The molecule has 0 heterocycles. The van der Waals surface area contributed by atoms with E-state index >= 15 is 0 Å². The number of para-hydroxylation sites is 1. The molecule has 1 atom stereocenters. The number of rotatable bonds is 8. The van der Waals surface area contributed by atoms with Crippen molar-refractivity contribution >= 4 is 5.97 Å². The second kappa shape index (κ2) is 7.29. The third kappa shape index (κ3) is 4.85. The molecule has 0 fully saturated rings. The number of unbranched alkanes of at least 4 members (excludes halogenated alkanes) is 1. The van der Waals surface area contributed by atoms with Gasteiger partial charge < -0.3 is 15.6 Å². The lowest BCUT2D eigenvalue weighted by molar-refractivity contribution is -0.142. The average molecular weight is 279 g/mol. The Morgan fingerprint density at radius 2 is 2.00 bits per heavy atom. The van der Waals surface area contributed by atoms with Crippen molar-refractivity contribution < 1.29 is 14.6 Å². The van der Waals surface area contributed by atoms with E-state index in [9.17, 15) is 4.79 Å². The third-order valence-corrected chi connectivity index (χ3v) is 3.38. The number of hydrogen-bond donors (Lipinski definition) is 2. The van der Waals surface area contributed by atoms with E-state index in [1.54, 1.807) is 6.92 Å². The maximum Gasteiger partial charge on any atom is 0.323 e. The fourth-order valence-corrected chi connectivity index (χ4v) is 1.97. The Bertz CT molecular complexity index is 441. The number of hydrogen-bond acceptors (Lipinski definition) is 3. The molecule has 0 spiro atoms. The smallest absolute Gasteiger partial charge is 0.323 e. The van der Waals surface area contributed by atoms with Gasteiger partial charge in [-0.15, -0.1) is 0 Å². The molecule has 3 N–H and O–H groups in total. The molecule has 1 aromatic carbocycles. The van der Waals surface area contributed by atoms with E-state index in [1.165, 1.54) is 5.56 Å². The molecule has 0 aliphatic carbocycles. The summed E-state index contributed by atoms with van der Waals surface area (Å²) in [6.07, 6.45) is 1.99. The van der Waals surface area contributed by atoms with Gasteiger partial charge in [0.05, 0.1) is 6.61 Å². The number of benzene rings is 1. The second-order valence-electron chi connectivity index (χ2n) is 5.72. The van der Waals surface area contributed by atoms with Gasteiger partial charge in [0.2, 0.25) is 0 Å².